The van der Waals surface area contributed by atoms with Crippen LogP contribution in [0.4, 0.5) is 4.39 Å². The zero-order valence-electron chi connectivity index (χ0n) is 11.0. The minimum atomic E-state index is -0.658. The highest BCUT2D eigenvalue weighted by atomic mass is 19.1. The van der Waals surface area contributed by atoms with Gasteiger partial charge in [-0.1, -0.05) is 11.6 Å². The first-order chi connectivity index (χ1) is 9.52. The standard InChI is InChI=1S/C16H15FO3/c1-9-2-3-15-13(4-9)14(19)8-16(20-15)10-5-11(17)7-12(18)6-10/h2-7,14,16,18-19H,8H2,1H3/t14-,16?/m1/s1. The molecule has 104 valence electrons. The number of aromatic hydroxyl groups is 1. The highest BCUT2D eigenvalue weighted by Crippen LogP contribution is 2.41. The van der Waals surface area contributed by atoms with Crippen molar-refractivity contribution in [3.05, 3.63) is 58.9 Å². The highest BCUT2D eigenvalue weighted by molar-refractivity contribution is 5.41. The molecule has 1 heterocycles. The largest absolute Gasteiger partial charge is 0.508 e. The fourth-order valence-electron chi connectivity index (χ4n) is 2.55. The van der Waals surface area contributed by atoms with E-state index in [9.17, 15) is 14.6 Å². The van der Waals surface area contributed by atoms with Gasteiger partial charge in [-0.3, -0.25) is 0 Å². The van der Waals surface area contributed by atoms with Crippen LogP contribution < -0.4 is 4.74 Å². The Kier molecular flexibility index (Phi) is 3.10. The quantitative estimate of drug-likeness (QED) is 0.838. The third kappa shape index (κ3) is 2.34. The molecule has 0 amide bonds. The van der Waals surface area contributed by atoms with E-state index in [1.54, 1.807) is 6.07 Å². The Hall–Kier alpha value is -2.07. The SMILES string of the molecule is Cc1ccc2c(c1)[C@H](O)CC(c1cc(O)cc(F)c1)O2. The number of phenols is 1. The summed E-state index contributed by atoms with van der Waals surface area (Å²) in [6.07, 6.45) is -0.796. The zero-order valence-corrected chi connectivity index (χ0v) is 11.0. The van der Waals surface area contributed by atoms with Crippen molar-refractivity contribution in [2.75, 3.05) is 0 Å². The summed E-state index contributed by atoms with van der Waals surface area (Å²) in [6, 6.07) is 9.41. The molecule has 0 bridgehead atoms. The molecule has 2 aromatic carbocycles. The predicted molar refractivity (Wildman–Crippen MR) is 72.2 cm³/mol. The molecule has 0 spiro atoms. The molecule has 3 rings (SSSR count). The van der Waals surface area contributed by atoms with Crippen LogP contribution in [0, 0.1) is 12.7 Å². The Morgan fingerprint density at radius 1 is 1.20 bits per heavy atom. The third-order valence-electron chi connectivity index (χ3n) is 3.51. The third-order valence-corrected chi connectivity index (χ3v) is 3.51. The molecule has 1 aliphatic rings. The van der Waals surface area contributed by atoms with Crippen molar-refractivity contribution >= 4 is 0 Å². The van der Waals surface area contributed by atoms with Crippen molar-refractivity contribution in [1.82, 2.24) is 0 Å². The van der Waals surface area contributed by atoms with E-state index in [-0.39, 0.29) is 5.75 Å². The topological polar surface area (TPSA) is 49.7 Å². The molecule has 1 aliphatic heterocycles. The van der Waals surface area contributed by atoms with Gasteiger partial charge in [-0.25, -0.2) is 4.39 Å². The van der Waals surface area contributed by atoms with Crippen LogP contribution in [0.1, 0.15) is 35.3 Å². The van der Waals surface area contributed by atoms with Crippen LogP contribution in [-0.2, 0) is 0 Å². The average Bonchev–Trinajstić information content (AvgIpc) is 2.38. The molecule has 2 atom stereocenters. The summed E-state index contributed by atoms with van der Waals surface area (Å²) in [7, 11) is 0. The molecule has 0 radical (unpaired) electrons. The minimum Gasteiger partial charge on any atom is -0.508 e. The number of phenolic OH excluding ortho intramolecular Hbond substituents is 1. The number of fused-ring (bicyclic) bond motifs is 1. The van der Waals surface area contributed by atoms with Crippen molar-refractivity contribution < 1.29 is 19.3 Å². The second-order valence-corrected chi connectivity index (χ2v) is 5.14. The van der Waals surface area contributed by atoms with Crippen molar-refractivity contribution in [3.63, 3.8) is 0 Å². The second-order valence-electron chi connectivity index (χ2n) is 5.14. The van der Waals surface area contributed by atoms with Crippen molar-refractivity contribution in [2.24, 2.45) is 0 Å². The number of ether oxygens (including phenoxy) is 1. The second kappa shape index (κ2) is 4.80. The Balaban J connectivity index is 1.96. The van der Waals surface area contributed by atoms with Gasteiger partial charge in [0.2, 0.25) is 0 Å². The van der Waals surface area contributed by atoms with Gasteiger partial charge >= 0.3 is 0 Å². The van der Waals surface area contributed by atoms with E-state index >= 15 is 0 Å². The molecule has 0 saturated carbocycles. The summed E-state index contributed by atoms with van der Waals surface area (Å²) in [5, 5.41) is 19.7. The van der Waals surface area contributed by atoms with E-state index in [1.807, 2.05) is 19.1 Å². The number of aliphatic hydroxyl groups is 1. The molecule has 2 N–H and O–H groups in total. The predicted octanol–water partition coefficient (Wildman–Crippen LogP) is 3.40. The number of benzene rings is 2. The zero-order chi connectivity index (χ0) is 14.3. The van der Waals surface area contributed by atoms with Crippen LogP contribution in [0.2, 0.25) is 0 Å². The van der Waals surface area contributed by atoms with Gasteiger partial charge in [0.05, 0.1) is 6.10 Å². The Labute approximate surface area is 116 Å². The van der Waals surface area contributed by atoms with E-state index < -0.39 is 18.0 Å². The van der Waals surface area contributed by atoms with E-state index in [4.69, 9.17) is 4.74 Å². The van der Waals surface area contributed by atoms with Gasteiger partial charge in [-0.15, -0.1) is 0 Å². The molecule has 4 heteroatoms. The van der Waals surface area contributed by atoms with Crippen molar-refractivity contribution in [1.29, 1.82) is 0 Å². The van der Waals surface area contributed by atoms with Crippen LogP contribution in [0.3, 0.4) is 0 Å². The molecule has 0 saturated heterocycles. The first-order valence-corrected chi connectivity index (χ1v) is 6.47. The number of rotatable bonds is 1. The highest BCUT2D eigenvalue weighted by Gasteiger charge is 2.28. The summed E-state index contributed by atoms with van der Waals surface area (Å²) in [5.74, 6) is -0.0660. The Bertz CT molecular complexity index is 634. The summed E-state index contributed by atoms with van der Waals surface area (Å²) in [6.45, 7) is 1.95. The number of hydrogen-bond acceptors (Lipinski definition) is 3. The van der Waals surface area contributed by atoms with Gasteiger partial charge in [-0.2, -0.15) is 0 Å². The van der Waals surface area contributed by atoms with Crippen LogP contribution in [0.5, 0.6) is 11.5 Å². The minimum absolute atomic E-state index is 0.146. The van der Waals surface area contributed by atoms with Gasteiger partial charge in [0.1, 0.15) is 23.4 Å². The first kappa shape index (κ1) is 12.9. The van der Waals surface area contributed by atoms with Crippen LogP contribution in [-0.4, -0.2) is 10.2 Å². The fourth-order valence-corrected chi connectivity index (χ4v) is 2.55. The maximum atomic E-state index is 13.4. The summed E-state index contributed by atoms with van der Waals surface area (Å²) >= 11 is 0. The van der Waals surface area contributed by atoms with Gasteiger partial charge in [0.25, 0.3) is 0 Å². The van der Waals surface area contributed by atoms with Crippen molar-refractivity contribution in [3.8, 4) is 11.5 Å². The molecule has 3 nitrogen and oxygen atoms in total. The molecule has 0 aliphatic carbocycles. The van der Waals surface area contributed by atoms with Gasteiger partial charge < -0.3 is 14.9 Å². The smallest absolute Gasteiger partial charge is 0.127 e. The molecular weight excluding hydrogens is 259 g/mol. The van der Waals surface area contributed by atoms with Crippen LogP contribution in [0.15, 0.2) is 36.4 Å². The maximum absolute atomic E-state index is 13.4. The average molecular weight is 274 g/mol. The molecule has 2 aromatic rings. The van der Waals surface area contributed by atoms with Crippen LogP contribution >= 0.6 is 0 Å². The van der Waals surface area contributed by atoms with Gasteiger partial charge in [0, 0.05) is 18.1 Å². The van der Waals surface area contributed by atoms with Crippen LogP contribution in [0.25, 0.3) is 0 Å². The monoisotopic (exact) mass is 274 g/mol. The van der Waals surface area contributed by atoms with E-state index in [2.05, 4.69) is 0 Å². The molecule has 1 unspecified atom stereocenters. The fraction of sp³-hybridized carbons (Fsp3) is 0.250. The number of aliphatic hydroxyl groups excluding tert-OH is 1. The number of halogens is 1. The molecule has 0 fully saturated rings. The van der Waals surface area contributed by atoms with E-state index in [0.717, 1.165) is 17.2 Å². The lowest BCUT2D eigenvalue weighted by Crippen LogP contribution is -2.19. The summed E-state index contributed by atoms with van der Waals surface area (Å²) < 4.78 is 19.2. The molecule has 20 heavy (non-hydrogen) atoms. The summed E-state index contributed by atoms with van der Waals surface area (Å²) in [4.78, 5) is 0. The Morgan fingerprint density at radius 2 is 2.00 bits per heavy atom. The van der Waals surface area contributed by atoms with E-state index in [0.29, 0.717) is 17.7 Å². The maximum Gasteiger partial charge on any atom is 0.127 e. The number of aryl methyl sites for hydroxylation is 1. The lowest BCUT2D eigenvalue weighted by molar-refractivity contribution is 0.0654. The summed E-state index contributed by atoms with van der Waals surface area (Å²) in [5.41, 5.74) is 2.32. The number of hydrogen-bond donors (Lipinski definition) is 2. The lowest BCUT2D eigenvalue weighted by Gasteiger charge is -2.30. The first-order valence-electron chi connectivity index (χ1n) is 6.47. The van der Waals surface area contributed by atoms with Gasteiger partial charge in [0.15, 0.2) is 0 Å². The van der Waals surface area contributed by atoms with Crippen molar-refractivity contribution in [2.45, 2.75) is 25.6 Å². The Morgan fingerprint density at radius 3 is 2.75 bits per heavy atom. The molecular formula is C16H15FO3. The van der Waals surface area contributed by atoms with Gasteiger partial charge in [-0.05, 0) is 36.8 Å². The molecule has 0 aromatic heterocycles. The van der Waals surface area contributed by atoms with E-state index in [1.165, 1.54) is 12.1 Å². The normalized spacial score (nSPS) is 21.1. The lowest BCUT2D eigenvalue weighted by atomic mass is 9.94.